The fraction of sp³-hybridized carbons (Fsp3) is 0.351. The number of nitrogens with zero attached hydrogens (tertiary/aromatic N) is 2. The minimum absolute atomic E-state index is 0.0721. The van der Waals surface area contributed by atoms with Crippen molar-refractivity contribution in [1.29, 1.82) is 0 Å². The molecule has 4 atom stereocenters. The molecule has 3 aromatic heterocycles. The van der Waals surface area contributed by atoms with Crippen molar-refractivity contribution in [1.82, 2.24) is 19.9 Å². The predicted molar refractivity (Wildman–Crippen MR) is 351 cm³/mol. The molecule has 13 rings (SSSR count). The maximum atomic E-state index is 14.4. The van der Waals surface area contributed by atoms with E-state index in [-0.39, 0.29) is 69.0 Å². The number of aromatic nitrogens is 4. The molecule has 2 aliphatic heterocycles. The van der Waals surface area contributed by atoms with Gasteiger partial charge in [0.1, 0.15) is 0 Å². The third kappa shape index (κ3) is 10.1. The number of benzene rings is 4. The van der Waals surface area contributed by atoms with E-state index in [4.69, 9.17) is 9.97 Å². The largest absolute Gasteiger partial charge is 0.354 e. The van der Waals surface area contributed by atoms with Crippen LogP contribution in [0.2, 0.25) is 0 Å². The average Bonchev–Trinajstić information content (AvgIpc) is 1.61. The number of amides is 4. The molecule has 4 aromatic carbocycles. The van der Waals surface area contributed by atoms with Gasteiger partial charge in [0.25, 0.3) is 0 Å². The number of carbonyl (C=O) groups excluding carboxylic acids is 4. The maximum Gasteiger partial charge on any atom is 0.228 e. The lowest BCUT2D eigenvalue weighted by atomic mass is 9.92. The van der Waals surface area contributed by atoms with Gasteiger partial charge in [-0.3, -0.25) is 19.2 Å². The lowest BCUT2D eigenvalue weighted by Gasteiger charge is -2.19. The zero-order valence-corrected chi connectivity index (χ0v) is 52.1. The summed E-state index contributed by atoms with van der Waals surface area (Å²) in [6.07, 6.45) is 11.3. The van der Waals surface area contributed by atoms with Crippen LogP contribution in [0.1, 0.15) is 137 Å². The molecule has 8 bridgehead atoms. The number of carbonyl (C=O) groups is 4. The van der Waals surface area contributed by atoms with Crippen LogP contribution in [0.4, 0.5) is 22.7 Å². The van der Waals surface area contributed by atoms with Crippen molar-refractivity contribution in [2.24, 2.45) is 45.3 Å². The number of aryl methyl sites for hydroxylation is 6. The molecule has 7 aromatic rings. The van der Waals surface area contributed by atoms with Gasteiger partial charge in [0.05, 0.1) is 45.5 Å². The molecular formula is C74H78N8O4. The normalized spacial score (nSPS) is 20.3. The Morgan fingerprint density at radius 3 is 0.802 bits per heavy atom. The SMILES string of the molecule is Cc1cc(C)c(-c2c3nc(c(-c4c(NC(=O)[C@H]5CC5(C)C)cccc4NC(=O)[C@@H]4CC4(C)C)c4ccc([nH]4)c(-c4c(C)cc(C)cc4C)c4nc(c(-c5c(NC(=O)[C@H]6CC6(C)C)cccc5NC(=O)[C@@H]5CC5(C)C)c5ccc2[nH]5)C=C4)C=C3)c(C)c1. The third-order valence-corrected chi connectivity index (χ3v) is 19.6. The first-order valence-electron chi connectivity index (χ1n) is 30.5. The van der Waals surface area contributed by atoms with E-state index < -0.39 is 0 Å². The number of hydrogen-bond donors (Lipinski definition) is 6. The van der Waals surface area contributed by atoms with Crippen molar-refractivity contribution in [2.75, 3.05) is 21.3 Å². The van der Waals surface area contributed by atoms with Crippen LogP contribution in [0.5, 0.6) is 0 Å². The van der Waals surface area contributed by atoms with Gasteiger partial charge < -0.3 is 31.2 Å². The van der Waals surface area contributed by atoms with Crippen molar-refractivity contribution in [3.63, 3.8) is 0 Å². The predicted octanol–water partition coefficient (Wildman–Crippen LogP) is 17.1. The van der Waals surface area contributed by atoms with Crippen LogP contribution < -0.4 is 21.3 Å². The summed E-state index contributed by atoms with van der Waals surface area (Å²) in [5.74, 6) is -0.980. The molecule has 6 aliphatic rings. The highest BCUT2D eigenvalue weighted by molar-refractivity contribution is 6.12. The molecule has 86 heavy (non-hydrogen) atoms. The molecule has 4 saturated carbocycles. The zero-order valence-electron chi connectivity index (χ0n) is 52.1. The smallest absolute Gasteiger partial charge is 0.228 e. The first kappa shape index (κ1) is 56.5. The van der Waals surface area contributed by atoms with Crippen LogP contribution >= 0.6 is 0 Å². The highest BCUT2D eigenvalue weighted by Gasteiger charge is 2.53. The second-order valence-electron chi connectivity index (χ2n) is 28.4. The fourth-order valence-corrected chi connectivity index (χ4v) is 14.0. The Morgan fingerprint density at radius 2 is 0.581 bits per heavy atom. The summed E-state index contributed by atoms with van der Waals surface area (Å²) in [6.45, 7) is 29.7. The van der Waals surface area contributed by atoms with Crippen LogP contribution in [0.15, 0.2) is 84.9 Å². The summed E-state index contributed by atoms with van der Waals surface area (Å²) >= 11 is 0. The molecule has 12 nitrogen and oxygen atoms in total. The average molecular weight is 1140 g/mol. The van der Waals surface area contributed by atoms with E-state index in [1.165, 1.54) is 0 Å². The Labute approximate surface area is 504 Å². The summed E-state index contributed by atoms with van der Waals surface area (Å²) in [4.78, 5) is 76.9. The molecule has 6 N–H and O–H groups in total. The van der Waals surface area contributed by atoms with E-state index >= 15 is 0 Å². The van der Waals surface area contributed by atoms with E-state index in [0.717, 1.165) is 92.4 Å². The zero-order chi connectivity index (χ0) is 60.8. The van der Waals surface area contributed by atoms with Crippen LogP contribution in [-0.4, -0.2) is 43.6 Å². The maximum absolute atomic E-state index is 14.4. The molecule has 4 aliphatic carbocycles. The molecule has 5 heterocycles. The van der Waals surface area contributed by atoms with Gasteiger partial charge in [-0.1, -0.05) is 103 Å². The quantitative estimate of drug-likeness (QED) is 0.0710. The monoisotopic (exact) mass is 1140 g/mol. The lowest BCUT2D eigenvalue weighted by molar-refractivity contribution is -0.118. The van der Waals surface area contributed by atoms with E-state index in [1.807, 2.05) is 48.6 Å². The molecule has 0 saturated heterocycles. The third-order valence-electron chi connectivity index (χ3n) is 19.6. The van der Waals surface area contributed by atoms with Gasteiger partial charge in [0, 0.05) is 79.1 Å². The number of fused-ring (bicyclic) bond motifs is 8. The summed E-state index contributed by atoms with van der Waals surface area (Å²) in [7, 11) is 0. The Hall–Kier alpha value is -8.64. The molecule has 0 spiro atoms. The number of anilines is 4. The highest BCUT2D eigenvalue weighted by Crippen LogP contribution is 2.56. The molecule has 0 unspecified atom stereocenters. The summed E-state index contributed by atoms with van der Waals surface area (Å²) in [5, 5.41) is 13.5. The molecule has 0 radical (unpaired) electrons. The summed E-state index contributed by atoms with van der Waals surface area (Å²) in [6, 6.07) is 28.6. The van der Waals surface area contributed by atoms with Crippen LogP contribution in [0, 0.1) is 86.9 Å². The van der Waals surface area contributed by atoms with Gasteiger partial charge in [-0.25, -0.2) is 9.97 Å². The standard InChI is InChI=1S/C74H78N8O4/c1-37-29-39(3)59(40(4)30-37)61-51-21-25-55(75-51)65(63-47(79-67(83)43-33-71(43,7)8)17-15-18-48(63)80-68(84)44-34-72(44,9)10)57-27-23-53(77-57)62(60-41(5)31-38(2)32-42(60)6)54-24-28-58(78-54)66(56-26-22-52(61)76-56)64-49(81-69(85)45-35-73(45,11)12)19-16-20-50(64)82-70(86)46-36-74(46,13)14/h15-32,43-46,75,78H,33-36H2,1-14H3,(H,79,83)(H,80,84)(H,81,85)(H,82,86)/t43-,44+,45-,46+. The second-order valence-corrected chi connectivity index (χ2v) is 28.4. The van der Waals surface area contributed by atoms with E-state index in [9.17, 15) is 19.2 Å². The molecule has 4 fully saturated rings. The van der Waals surface area contributed by atoms with E-state index in [1.54, 1.807) is 0 Å². The van der Waals surface area contributed by atoms with Crippen molar-refractivity contribution in [2.45, 2.75) is 123 Å². The second kappa shape index (κ2) is 20.0. The highest BCUT2D eigenvalue weighted by atomic mass is 16.2. The van der Waals surface area contributed by atoms with E-state index in [0.29, 0.717) is 78.8 Å². The fourth-order valence-electron chi connectivity index (χ4n) is 14.0. The topological polar surface area (TPSA) is 174 Å². The lowest BCUT2D eigenvalue weighted by Crippen LogP contribution is -2.19. The van der Waals surface area contributed by atoms with Crippen LogP contribution in [-0.2, 0) is 19.2 Å². The van der Waals surface area contributed by atoms with Crippen molar-refractivity contribution in [3.8, 4) is 44.5 Å². The number of nitrogens with one attached hydrogen (secondary N) is 6. The van der Waals surface area contributed by atoms with Crippen LogP contribution in [0.3, 0.4) is 0 Å². The van der Waals surface area contributed by atoms with Gasteiger partial charge in [0.15, 0.2) is 0 Å². The van der Waals surface area contributed by atoms with Crippen molar-refractivity contribution in [3.05, 3.63) is 141 Å². The van der Waals surface area contributed by atoms with Gasteiger partial charge in [0.2, 0.25) is 23.6 Å². The van der Waals surface area contributed by atoms with E-state index in [2.05, 4.69) is 189 Å². The number of rotatable bonds is 12. The van der Waals surface area contributed by atoms with Gasteiger partial charge >= 0.3 is 0 Å². The number of aromatic amines is 2. The summed E-state index contributed by atoms with van der Waals surface area (Å²) in [5.41, 5.74) is 20.2. The van der Waals surface area contributed by atoms with Gasteiger partial charge in [-0.05, 0) is 195 Å². The molecule has 4 amide bonds. The first-order chi connectivity index (χ1) is 40.7. The van der Waals surface area contributed by atoms with Gasteiger partial charge in [-0.2, -0.15) is 0 Å². The van der Waals surface area contributed by atoms with Crippen molar-refractivity contribution < 1.29 is 19.2 Å². The number of H-pyrrole nitrogens is 2. The minimum atomic E-state index is -0.173. The number of hydrogen-bond acceptors (Lipinski definition) is 6. The van der Waals surface area contributed by atoms with Gasteiger partial charge in [-0.15, -0.1) is 0 Å². The Balaban J connectivity index is 1.16. The Bertz CT molecular complexity index is 3960. The summed E-state index contributed by atoms with van der Waals surface area (Å²) < 4.78 is 0. The molecule has 12 heteroatoms. The Kier molecular flexibility index (Phi) is 13.1. The van der Waals surface area contributed by atoms with Crippen molar-refractivity contribution >= 4 is 92.7 Å². The molecular weight excluding hydrogens is 1060 g/mol. The Morgan fingerprint density at radius 1 is 0.360 bits per heavy atom. The minimum Gasteiger partial charge on any atom is -0.354 e. The molecule has 438 valence electrons. The first-order valence-corrected chi connectivity index (χ1v) is 30.5. The van der Waals surface area contributed by atoms with Crippen LogP contribution in [0.25, 0.3) is 90.9 Å².